The molecule has 0 spiro atoms. The molecule has 1 atom stereocenters. The van der Waals surface area contributed by atoms with Crippen LogP contribution in [0.25, 0.3) is 27.2 Å². The first-order valence-corrected chi connectivity index (χ1v) is 16.6. The van der Waals surface area contributed by atoms with Crippen molar-refractivity contribution in [1.29, 1.82) is 0 Å². The zero-order valence-electron chi connectivity index (χ0n) is 26.6. The number of carbonyl (C=O) groups excluding carboxylic acids is 2. The number of piperidine rings is 1. The van der Waals surface area contributed by atoms with Crippen molar-refractivity contribution in [1.82, 2.24) is 19.4 Å². The second kappa shape index (κ2) is 13.2. The average molecular weight is 674 g/mol. The van der Waals surface area contributed by atoms with Crippen LogP contribution in [0.2, 0.25) is 5.02 Å². The molecule has 3 aromatic heterocycles. The number of likely N-dealkylation sites (tertiary alicyclic amines) is 1. The molecule has 0 radical (unpaired) electrons. The summed E-state index contributed by atoms with van der Waals surface area (Å²) in [5.74, 6) is 0.301. The van der Waals surface area contributed by atoms with Gasteiger partial charge in [-0.3, -0.25) is 14.3 Å². The van der Waals surface area contributed by atoms with E-state index in [9.17, 15) is 9.59 Å². The number of hydrogen-bond acceptors (Lipinski definition) is 8. The van der Waals surface area contributed by atoms with E-state index in [1.165, 1.54) is 11.3 Å². The smallest absolute Gasteiger partial charge is 0.410 e. The van der Waals surface area contributed by atoms with E-state index < -0.39 is 17.6 Å². The third-order valence-electron chi connectivity index (χ3n) is 7.81. The van der Waals surface area contributed by atoms with Gasteiger partial charge in [-0.15, -0.1) is 11.3 Å². The van der Waals surface area contributed by atoms with Gasteiger partial charge in [0.1, 0.15) is 45.5 Å². The van der Waals surface area contributed by atoms with Crippen molar-refractivity contribution in [3.8, 4) is 27.6 Å². The zero-order valence-corrected chi connectivity index (χ0v) is 28.2. The normalized spacial score (nSPS) is 14.6. The quantitative estimate of drug-likeness (QED) is 0.178. The maximum atomic E-state index is 12.5. The lowest BCUT2D eigenvalue weighted by Crippen LogP contribution is -2.44. The summed E-state index contributed by atoms with van der Waals surface area (Å²) >= 11 is 8.09. The Bertz CT molecular complexity index is 1910. The van der Waals surface area contributed by atoms with Gasteiger partial charge < -0.3 is 24.8 Å². The number of ether oxygens (including phenoxy) is 3. The molecular weight excluding hydrogens is 638 g/mol. The first-order chi connectivity index (χ1) is 22.5. The molecule has 2 amide bonds. The highest BCUT2D eigenvalue weighted by Gasteiger charge is 2.29. The summed E-state index contributed by atoms with van der Waals surface area (Å²) in [6, 6.07) is 17.2. The van der Waals surface area contributed by atoms with Crippen molar-refractivity contribution in [2.45, 2.75) is 58.3 Å². The van der Waals surface area contributed by atoms with Crippen molar-refractivity contribution in [3.63, 3.8) is 0 Å². The Morgan fingerprint density at radius 2 is 1.83 bits per heavy atom. The average Bonchev–Trinajstić information content (AvgIpc) is 3.66. The number of nitrogens with two attached hydrogens (primary N) is 1. The van der Waals surface area contributed by atoms with Gasteiger partial charge in [-0.1, -0.05) is 35.9 Å². The number of aromatic nitrogens is 3. The lowest BCUT2D eigenvalue weighted by molar-refractivity contribution is 0.0126. The SMILES string of the molecule is C[C@@H](Oc1cc(-n2cnc3cc(-c4cccnc4)ccc32)sc1C(N)=O)c1cccc(OC2CCN(C(=O)OC(C)(C)C)CC2)c1Cl. The number of amides is 2. The lowest BCUT2D eigenvalue weighted by atomic mass is 10.1. The Hall–Kier alpha value is -4.61. The third-order valence-corrected chi connectivity index (χ3v) is 9.35. The van der Waals surface area contributed by atoms with Crippen LogP contribution in [0.4, 0.5) is 4.79 Å². The highest BCUT2D eigenvalue weighted by molar-refractivity contribution is 7.16. The lowest BCUT2D eigenvalue weighted by Gasteiger charge is -2.33. The van der Waals surface area contributed by atoms with E-state index >= 15 is 0 Å². The molecule has 1 aliphatic rings. The molecule has 47 heavy (non-hydrogen) atoms. The molecule has 0 bridgehead atoms. The largest absolute Gasteiger partial charge is 0.489 e. The summed E-state index contributed by atoms with van der Waals surface area (Å²) in [4.78, 5) is 35.8. The fourth-order valence-corrected chi connectivity index (χ4v) is 6.74. The van der Waals surface area contributed by atoms with E-state index in [4.69, 9.17) is 31.5 Å². The van der Waals surface area contributed by atoms with Gasteiger partial charge in [0.25, 0.3) is 5.91 Å². The van der Waals surface area contributed by atoms with Crippen LogP contribution < -0.4 is 15.2 Å². The van der Waals surface area contributed by atoms with Crippen molar-refractivity contribution >= 4 is 46.0 Å². The summed E-state index contributed by atoms with van der Waals surface area (Å²) < 4.78 is 20.0. The molecular formula is C35H36ClN5O5S. The molecule has 12 heteroatoms. The molecule has 1 aliphatic heterocycles. The Morgan fingerprint density at radius 3 is 2.53 bits per heavy atom. The fraction of sp³-hybridized carbons (Fsp3) is 0.314. The maximum Gasteiger partial charge on any atom is 0.410 e. The highest BCUT2D eigenvalue weighted by Crippen LogP contribution is 2.39. The van der Waals surface area contributed by atoms with E-state index in [1.54, 1.807) is 23.5 Å². The molecule has 0 aliphatic carbocycles. The minimum atomic E-state index is -0.590. The molecule has 244 valence electrons. The van der Waals surface area contributed by atoms with E-state index in [0.717, 1.165) is 27.2 Å². The highest BCUT2D eigenvalue weighted by atomic mass is 35.5. The van der Waals surface area contributed by atoms with E-state index in [0.29, 0.717) is 52.9 Å². The van der Waals surface area contributed by atoms with Crippen molar-refractivity contribution in [2.24, 2.45) is 5.73 Å². The number of imidazole rings is 1. The van der Waals surface area contributed by atoms with Gasteiger partial charge in [0.05, 0.1) is 16.1 Å². The number of benzene rings is 2. The van der Waals surface area contributed by atoms with Crippen molar-refractivity contribution < 1.29 is 23.8 Å². The van der Waals surface area contributed by atoms with Crippen LogP contribution in [-0.2, 0) is 4.74 Å². The minimum absolute atomic E-state index is 0.107. The summed E-state index contributed by atoms with van der Waals surface area (Å²) in [7, 11) is 0. The summed E-state index contributed by atoms with van der Waals surface area (Å²) in [6.07, 6.45) is 5.63. The van der Waals surface area contributed by atoms with Crippen LogP contribution in [0.3, 0.4) is 0 Å². The molecule has 5 aromatic rings. The first-order valence-electron chi connectivity index (χ1n) is 15.4. The molecule has 1 saturated heterocycles. The first kappa shape index (κ1) is 32.3. The van der Waals surface area contributed by atoms with Gasteiger partial charge >= 0.3 is 6.09 Å². The minimum Gasteiger partial charge on any atom is -0.489 e. The predicted molar refractivity (Wildman–Crippen MR) is 183 cm³/mol. The monoisotopic (exact) mass is 673 g/mol. The number of fused-ring (bicyclic) bond motifs is 1. The molecule has 0 saturated carbocycles. The standard InChI is InChI=1S/C35H36ClN5O5S/c1-21(25-8-5-9-28(31(25)36)45-24-12-15-40(16-13-24)34(43)46-35(2,3)4)44-29-18-30(47-32(29)33(37)42)41-20-39-26-17-22(10-11-27(26)41)23-7-6-14-38-19-23/h5-11,14,17-21,24H,12-13,15-16H2,1-4H3,(H2,37,42)/t21-/m1/s1. The van der Waals surface area contributed by atoms with Gasteiger partial charge in [-0.2, -0.15) is 0 Å². The number of hydrogen-bond donors (Lipinski definition) is 1. The Morgan fingerprint density at radius 1 is 1.04 bits per heavy atom. The number of carbonyl (C=O) groups is 2. The van der Waals surface area contributed by atoms with E-state index in [1.807, 2.05) is 87.0 Å². The van der Waals surface area contributed by atoms with Crippen LogP contribution in [0.5, 0.6) is 11.5 Å². The molecule has 10 nitrogen and oxygen atoms in total. The number of rotatable bonds is 8. The maximum absolute atomic E-state index is 12.5. The van der Waals surface area contributed by atoms with Crippen LogP contribution >= 0.6 is 22.9 Å². The van der Waals surface area contributed by atoms with Crippen LogP contribution in [0.15, 0.2) is 73.3 Å². The Labute approximate surface area is 282 Å². The second-order valence-corrected chi connectivity index (χ2v) is 13.8. The summed E-state index contributed by atoms with van der Waals surface area (Å²) in [5, 5.41) is 1.16. The predicted octanol–water partition coefficient (Wildman–Crippen LogP) is 7.82. The number of thiophene rings is 1. The van der Waals surface area contributed by atoms with Gasteiger partial charge in [0.15, 0.2) is 0 Å². The number of halogens is 1. The van der Waals surface area contributed by atoms with Gasteiger partial charge in [-0.25, -0.2) is 9.78 Å². The van der Waals surface area contributed by atoms with Crippen molar-refractivity contribution in [3.05, 3.63) is 88.8 Å². The molecule has 4 heterocycles. The zero-order chi connectivity index (χ0) is 33.3. The topological polar surface area (TPSA) is 122 Å². The van der Waals surface area contributed by atoms with Crippen molar-refractivity contribution in [2.75, 3.05) is 13.1 Å². The number of pyridine rings is 1. The summed E-state index contributed by atoms with van der Waals surface area (Å²) in [5.41, 5.74) is 9.63. The van der Waals surface area contributed by atoms with Crippen LogP contribution in [0.1, 0.15) is 61.9 Å². The van der Waals surface area contributed by atoms with Gasteiger partial charge in [-0.05, 0) is 57.5 Å². The molecule has 2 aromatic carbocycles. The van der Waals surface area contributed by atoms with Crippen LogP contribution in [-0.4, -0.2) is 56.2 Å². The molecule has 2 N–H and O–H groups in total. The van der Waals surface area contributed by atoms with Crippen LogP contribution in [0, 0.1) is 0 Å². The Balaban J connectivity index is 1.17. The van der Waals surface area contributed by atoms with Gasteiger partial charge in [0, 0.05) is 55.5 Å². The Kier molecular flexibility index (Phi) is 9.11. The molecule has 6 rings (SSSR count). The second-order valence-electron chi connectivity index (χ2n) is 12.4. The van der Waals surface area contributed by atoms with E-state index in [2.05, 4.69) is 9.97 Å². The van der Waals surface area contributed by atoms with E-state index in [-0.39, 0.29) is 12.2 Å². The third kappa shape index (κ3) is 7.21. The molecule has 0 unspecified atom stereocenters. The number of nitrogens with zero attached hydrogens (tertiary/aromatic N) is 4. The number of primary amides is 1. The molecule has 1 fully saturated rings. The van der Waals surface area contributed by atoms with Gasteiger partial charge in [0.2, 0.25) is 0 Å². The fourth-order valence-electron chi connectivity index (χ4n) is 5.49. The summed E-state index contributed by atoms with van der Waals surface area (Å²) in [6.45, 7) is 8.49.